The Labute approximate surface area is 168 Å². The minimum Gasteiger partial charge on any atom is -0.353 e. The van der Waals surface area contributed by atoms with Crippen LogP contribution in [0.2, 0.25) is 0 Å². The minimum atomic E-state index is -0.381. The highest BCUT2D eigenvalue weighted by atomic mass is 32.2. The van der Waals surface area contributed by atoms with Crippen molar-refractivity contribution in [3.8, 4) is 5.69 Å². The average Bonchev–Trinajstić information content (AvgIpc) is 3.15. The van der Waals surface area contributed by atoms with E-state index in [-0.39, 0.29) is 23.0 Å². The van der Waals surface area contributed by atoms with Gasteiger partial charge in [0.15, 0.2) is 5.16 Å². The second-order valence-corrected chi connectivity index (χ2v) is 7.94. The van der Waals surface area contributed by atoms with Crippen LogP contribution >= 0.6 is 11.8 Å². The van der Waals surface area contributed by atoms with E-state index >= 15 is 0 Å². The lowest BCUT2D eigenvalue weighted by Crippen LogP contribution is -2.38. The first-order valence-corrected chi connectivity index (χ1v) is 10.1. The maximum Gasteiger partial charge on any atom is 0.233 e. The van der Waals surface area contributed by atoms with Gasteiger partial charge in [0.05, 0.1) is 10.9 Å². The summed E-state index contributed by atoms with van der Waals surface area (Å²) in [5.41, 5.74) is 1.61. The van der Waals surface area contributed by atoms with Crippen molar-refractivity contribution >= 4 is 17.7 Å². The molecule has 1 N–H and O–H groups in total. The Morgan fingerprint density at radius 2 is 1.86 bits per heavy atom. The molecule has 7 heteroatoms. The van der Waals surface area contributed by atoms with Gasteiger partial charge in [-0.3, -0.25) is 9.36 Å². The monoisotopic (exact) mass is 398 g/mol. The van der Waals surface area contributed by atoms with E-state index in [1.807, 2.05) is 32.0 Å². The maximum atomic E-state index is 14.1. The summed E-state index contributed by atoms with van der Waals surface area (Å²) in [5, 5.41) is 11.0. The first-order valence-electron chi connectivity index (χ1n) is 9.20. The molecule has 0 radical (unpaired) electrons. The van der Waals surface area contributed by atoms with Gasteiger partial charge in [-0.25, -0.2) is 4.39 Å². The Bertz CT molecular complexity index is 916. The van der Waals surface area contributed by atoms with E-state index in [4.69, 9.17) is 0 Å². The molecular weight excluding hydrogens is 375 g/mol. The van der Waals surface area contributed by atoms with Crippen LogP contribution in [0.5, 0.6) is 0 Å². The summed E-state index contributed by atoms with van der Waals surface area (Å²) >= 11 is 1.26. The third-order valence-electron chi connectivity index (χ3n) is 4.38. The first-order chi connectivity index (χ1) is 13.5. The van der Waals surface area contributed by atoms with Crippen molar-refractivity contribution in [2.24, 2.45) is 0 Å². The van der Waals surface area contributed by atoms with Crippen LogP contribution in [0.25, 0.3) is 5.69 Å². The van der Waals surface area contributed by atoms with E-state index in [2.05, 4.69) is 27.6 Å². The molecule has 3 aromatic rings. The fourth-order valence-corrected chi connectivity index (χ4v) is 3.63. The lowest BCUT2D eigenvalue weighted by molar-refractivity contribution is -0.120. The number of nitrogens with one attached hydrogen (secondary N) is 1. The Morgan fingerprint density at radius 1 is 1.14 bits per heavy atom. The van der Waals surface area contributed by atoms with Crippen LogP contribution < -0.4 is 5.32 Å². The fourth-order valence-electron chi connectivity index (χ4n) is 2.79. The molecule has 3 rings (SSSR count). The van der Waals surface area contributed by atoms with Gasteiger partial charge >= 0.3 is 0 Å². The fraction of sp³-hybridized carbons (Fsp3) is 0.286. The van der Waals surface area contributed by atoms with Crippen LogP contribution in [0.4, 0.5) is 4.39 Å². The summed E-state index contributed by atoms with van der Waals surface area (Å²) in [6, 6.07) is 16.7. The van der Waals surface area contributed by atoms with Crippen molar-refractivity contribution in [1.29, 1.82) is 0 Å². The molecule has 0 fully saturated rings. The van der Waals surface area contributed by atoms with E-state index in [0.29, 0.717) is 10.8 Å². The number of hydrogen-bond acceptors (Lipinski definition) is 4. The SMILES string of the molecule is C[C@H](Sc1nncn1-c1ccccc1F)C(=O)N[C@@H](C)CCc1ccccc1. The van der Waals surface area contributed by atoms with E-state index in [9.17, 15) is 9.18 Å². The number of amides is 1. The van der Waals surface area contributed by atoms with Gasteiger partial charge in [-0.15, -0.1) is 10.2 Å². The first kappa shape index (κ1) is 20.1. The summed E-state index contributed by atoms with van der Waals surface area (Å²) in [6.45, 7) is 3.81. The number of carbonyl (C=O) groups is 1. The van der Waals surface area contributed by atoms with Gasteiger partial charge in [-0.05, 0) is 44.4 Å². The van der Waals surface area contributed by atoms with E-state index in [1.165, 1.54) is 29.7 Å². The van der Waals surface area contributed by atoms with Gasteiger partial charge in [-0.2, -0.15) is 0 Å². The van der Waals surface area contributed by atoms with Crippen molar-refractivity contribution in [2.75, 3.05) is 0 Å². The maximum absolute atomic E-state index is 14.1. The molecule has 0 bridgehead atoms. The average molecular weight is 399 g/mol. The summed E-state index contributed by atoms with van der Waals surface area (Å²) in [5.74, 6) is -0.440. The van der Waals surface area contributed by atoms with Crippen LogP contribution in [-0.4, -0.2) is 32.0 Å². The second-order valence-electron chi connectivity index (χ2n) is 6.63. The standard InChI is InChI=1S/C21H23FN4OS/c1-15(12-13-17-8-4-3-5-9-17)24-20(27)16(2)28-21-25-23-14-26(21)19-11-7-6-10-18(19)22/h3-11,14-16H,12-13H2,1-2H3,(H,24,27)/t15-,16-/m0/s1. The highest BCUT2D eigenvalue weighted by molar-refractivity contribution is 8.00. The zero-order valence-electron chi connectivity index (χ0n) is 15.9. The van der Waals surface area contributed by atoms with Gasteiger partial charge in [0.1, 0.15) is 12.1 Å². The Morgan fingerprint density at radius 3 is 2.61 bits per heavy atom. The normalized spacial score (nSPS) is 13.1. The molecule has 5 nitrogen and oxygen atoms in total. The van der Waals surface area contributed by atoms with Crippen molar-refractivity contribution in [1.82, 2.24) is 20.1 Å². The Kier molecular flexibility index (Phi) is 6.81. The second kappa shape index (κ2) is 9.50. The topological polar surface area (TPSA) is 59.8 Å². The predicted molar refractivity (Wildman–Crippen MR) is 109 cm³/mol. The van der Waals surface area contributed by atoms with Crippen molar-refractivity contribution < 1.29 is 9.18 Å². The number of halogens is 1. The molecule has 1 amide bonds. The number of para-hydroxylation sites is 1. The summed E-state index contributed by atoms with van der Waals surface area (Å²) in [4.78, 5) is 12.5. The molecule has 1 aromatic heterocycles. The summed E-state index contributed by atoms with van der Waals surface area (Å²) in [6.07, 6.45) is 3.22. The molecule has 0 aliphatic heterocycles. The van der Waals surface area contributed by atoms with Gasteiger partial charge in [0.25, 0.3) is 0 Å². The van der Waals surface area contributed by atoms with E-state index in [1.54, 1.807) is 22.8 Å². The summed E-state index contributed by atoms with van der Waals surface area (Å²) < 4.78 is 15.6. The lowest BCUT2D eigenvalue weighted by atomic mass is 10.1. The predicted octanol–water partition coefficient (Wildman–Crippen LogP) is 4.02. The van der Waals surface area contributed by atoms with Gasteiger partial charge in [-0.1, -0.05) is 54.2 Å². The van der Waals surface area contributed by atoms with Crippen LogP contribution in [0, 0.1) is 5.82 Å². The number of hydrogen-bond donors (Lipinski definition) is 1. The van der Waals surface area contributed by atoms with Crippen molar-refractivity contribution in [2.45, 2.75) is 43.1 Å². The number of aryl methyl sites for hydroxylation is 1. The molecule has 2 aromatic carbocycles. The number of aromatic nitrogens is 3. The number of rotatable bonds is 8. The molecule has 28 heavy (non-hydrogen) atoms. The van der Waals surface area contributed by atoms with Crippen molar-refractivity contribution in [3.63, 3.8) is 0 Å². The Balaban J connectivity index is 1.56. The lowest BCUT2D eigenvalue weighted by Gasteiger charge is -2.17. The number of benzene rings is 2. The quantitative estimate of drug-likeness (QED) is 0.582. The molecule has 0 aliphatic rings. The molecule has 0 saturated heterocycles. The Hall–Kier alpha value is -2.67. The zero-order chi connectivity index (χ0) is 19.9. The van der Waals surface area contributed by atoms with Crippen molar-refractivity contribution in [3.05, 3.63) is 72.3 Å². The number of nitrogens with zero attached hydrogens (tertiary/aromatic N) is 3. The third-order valence-corrected chi connectivity index (χ3v) is 5.43. The number of carbonyl (C=O) groups excluding carboxylic acids is 1. The molecule has 0 spiro atoms. The molecule has 0 saturated carbocycles. The third kappa shape index (κ3) is 5.19. The number of thioether (sulfide) groups is 1. The molecule has 0 unspecified atom stereocenters. The van der Waals surface area contributed by atoms with E-state index < -0.39 is 0 Å². The highest BCUT2D eigenvalue weighted by Gasteiger charge is 2.20. The minimum absolute atomic E-state index is 0.0557. The largest absolute Gasteiger partial charge is 0.353 e. The summed E-state index contributed by atoms with van der Waals surface area (Å²) in [7, 11) is 0. The molecular formula is C21H23FN4OS. The van der Waals surface area contributed by atoms with Crippen LogP contribution in [0.3, 0.4) is 0 Å². The van der Waals surface area contributed by atoms with Crippen LogP contribution in [0.15, 0.2) is 66.1 Å². The molecule has 1 heterocycles. The molecule has 146 valence electrons. The van der Waals surface area contributed by atoms with Gasteiger partial charge in [0.2, 0.25) is 5.91 Å². The van der Waals surface area contributed by atoms with Gasteiger partial charge < -0.3 is 5.32 Å². The molecule has 0 aliphatic carbocycles. The highest BCUT2D eigenvalue weighted by Crippen LogP contribution is 2.25. The van der Waals surface area contributed by atoms with Crippen LogP contribution in [0.1, 0.15) is 25.8 Å². The molecule has 2 atom stereocenters. The smallest absolute Gasteiger partial charge is 0.233 e. The van der Waals surface area contributed by atoms with Crippen LogP contribution in [-0.2, 0) is 11.2 Å². The van der Waals surface area contributed by atoms with Gasteiger partial charge in [0, 0.05) is 6.04 Å². The van der Waals surface area contributed by atoms with E-state index in [0.717, 1.165) is 12.8 Å². The zero-order valence-corrected chi connectivity index (χ0v) is 16.7.